The largest absolute Gasteiger partial charge is 0.484 e. The van der Waals surface area contributed by atoms with Gasteiger partial charge in [0.05, 0.1) is 12.7 Å². The number of anilines is 1. The van der Waals surface area contributed by atoms with Gasteiger partial charge in [-0.25, -0.2) is 9.37 Å². The summed E-state index contributed by atoms with van der Waals surface area (Å²) in [5.41, 5.74) is 0. The van der Waals surface area contributed by atoms with Crippen LogP contribution >= 0.6 is 0 Å². The Morgan fingerprint density at radius 2 is 1.86 bits per heavy atom. The van der Waals surface area contributed by atoms with Crippen molar-refractivity contribution in [2.75, 3.05) is 18.5 Å². The Morgan fingerprint density at radius 1 is 1.09 bits per heavy atom. The molecule has 0 saturated heterocycles. The third kappa shape index (κ3) is 5.20. The minimum Gasteiger partial charge on any atom is -0.484 e. The molecule has 2 amide bonds. The van der Waals surface area contributed by atoms with Crippen LogP contribution in [0.25, 0.3) is 0 Å². The van der Waals surface area contributed by atoms with E-state index in [4.69, 9.17) is 4.74 Å². The van der Waals surface area contributed by atoms with Crippen LogP contribution in [0.1, 0.15) is 0 Å². The number of halogens is 1. The predicted octanol–water partition coefficient (Wildman–Crippen LogP) is 1.35. The summed E-state index contributed by atoms with van der Waals surface area (Å²) < 4.78 is 17.9. The zero-order chi connectivity index (χ0) is 15.8. The first kappa shape index (κ1) is 15.4. The van der Waals surface area contributed by atoms with Crippen molar-refractivity contribution in [1.82, 2.24) is 10.3 Å². The van der Waals surface area contributed by atoms with E-state index in [1.165, 1.54) is 12.1 Å². The van der Waals surface area contributed by atoms with Gasteiger partial charge in [-0.15, -0.1) is 0 Å². The van der Waals surface area contributed by atoms with E-state index in [2.05, 4.69) is 15.6 Å². The van der Waals surface area contributed by atoms with Gasteiger partial charge >= 0.3 is 0 Å². The number of ether oxygens (including phenoxy) is 1. The number of hydrogen-bond acceptors (Lipinski definition) is 4. The molecule has 6 nitrogen and oxygen atoms in total. The minimum atomic E-state index is -0.496. The van der Waals surface area contributed by atoms with Crippen molar-refractivity contribution < 1.29 is 18.7 Å². The number of nitrogens with one attached hydrogen (secondary N) is 2. The van der Waals surface area contributed by atoms with Crippen molar-refractivity contribution in [3.8, 4) is 5.75 Å². The molecule has 0 saturated carbocycles. The van der Waals surface area contributed by atoms with Crippen molar-refractivity contribution >= 4 is 17.6 Å². The molecule has 0 unspecified atom stereocenters. The Bertz CT molecular complexity index is 632. The maximum Gasteiger partial charge on any atom is 0.258 e. The fourth-order valence-electron chi connectivity index (χ4n) is 1.53. The molecule has 0 fully saturated rings. The highest BCUT2D eigenvalue weighted by molar-refractivity contribution is 5.93. The summed E-state index contributed by atoms with van der Waals surface area (Å²) in [7, 11) is 0. The first-order valence-electron chi connectivity index (χ1n) is 6.49. The molecule has 0 aliphatic rings. The Kier molecular flexibility index (Phi) is 5.42. The van der Waals surface area contributed by atoms with E-state index in [0.717, 1.165) is 6.20 Å². The summed E-state index contributed by atoms with van der Waals surface area (Å²) in [6.45, 7) is -0.415. The normalized spacial score (nSPS) is 9.86. The van der Waals surface area contributed by atoms with Crippen LogP contribution in [0.4, 0.5) is 10.2 Å². The molecule has 0 radical (unpaired) electrons. The highest BCUT2D eigenvalue weighted by Gasteiger charge is 2.07. The van der Waals surface area contributed by atoms with Crippen LogP contribution in [0.5, 0.6) is 5.75 Å². The van der Waals surface area contributed by atoms with Gasteiger partial charge in [0, 0.05) is 0 Å². The van der Waals surface area contributed by atoms with Crippen molar-refractivity contribution in [3.63, 3.8) is 0 Å². The lowest BCUT2D eigenvalue weighted by Gasteiger charge is -2.07. The number of para-hydroxylation sites is 1. The van der Waals surface area contributed by atoms with E-state index in [1.807, 2.05) is 6.07 Å². The van der Waals surface area contributed by atoms with Gasteiger partial charge in [0.2, 0.25) is 5.91 Å². The lowest BCUT2D eigenvalue weighted by Crippen LogP contribution is -2.35. The van der Waals surface area contributed by atoms with Crippen LogP contribution in [0.15, 0.2) is 48.7 Å². The first-order chi connectivity index (χ1) is 10.6. The standard InChI is InChI=1S/C15H14FN3O3/c16-11-6-7-13(17-8-11)19-14(20)9-18-15(21)10-22-12-4-2-1-3-5-12/h1-8H,9-10H2,(H,18,21)(H,17,19,20). The maximum absolute atomic E-state index is 12.7. The smallest absolute Gasteiger partial charge is 0.258 e. The predicted molar refractivity (Wildman–Crippen MR) is 77.8 cm³/mol. The molecule has 22 heavy (non-hydrogen) atoms. The monoisotopic (exact) mass is 303 g/mol. The number of nitrogens with zero attached hydrogens (tertiary/aromatic N) is 1. The quantitative estimate of drug-likeness (QED) is 0.844. The highest BCUT2D eigenvalue weighted by atomic mass is 19.1. The average molecular weight is 303 g/mol. The van der Waals surface area contributed by atoms with Crippen molar-refractivity contribution in [1.29, 1.82) is 0 Å². The fraction of sp³-hybridized carbons (Fsp3) is 0.133. The molecule has 2 N–H and O–H groups in total. The van der Waals surface area contributed by atoms with Crippen LogP contribution in [-0.4, -0.2) is 29.9 Å². The maximum atomic E-state index is 12.7. The molecule has 0 aliphatic heterocycles. The van der Waals surface area contributed by atoms with Gasteiger partial charge in [0.25, 0.3) is 5.91 Å². The van der Waals surface area contributed by atoms with Crippen LogP contribution in [0.2, 0.25) is 0 Å². The first-order valence-corrected chi connectivity index (χ1v) is 6.49. The van der Waals surface area contributed by atoms with E-state index >= 15 is 0 Å². The van der Waals surface area contributed by atoms with E-state index in [1.54, 1.807) is 24.3 Å². The number of carbonyl (C=O) groups is 2. The summed E-state index contributed by atoms with van der Waals surface area (Å²) in [6.07, 6.45) is 0.988. The number of amides is 2. The van der Waals surface area contributed by atoms with Gasteiger partial charge < -0.3 is 15.4 Å². The molecule has 114 valence electrons. The number of rotatable bonds is 6. The van der Waals surface area contributed by atoms with E-state index in [0.29, 0.717) is 5.75 Å². The molecule has 0 atom stereocenters. The van der Waals surface area contributed by atoms with Gasteiger partial charge in [-0.3, -0.25) is 9.59 Å². The Morgan fingerprint density at radius 3 is 2.55 bits per heavy atom. The lowest BCUT2D eigenvalue weighted by molar-refractivity contribution is -0.125. The minimum absolute atomic E-state index is 0.188. The van der Waals surface area contributed by atoms with Crippen LogP contribution in [0, 0.1) is 5.82 Å². The number of hydrogen-bond donors (Lipinski definition) is 2. The van der Waals surface area contributed by atoms with Crippen LogP contribution in [-0.2, 0) is 9.59 Å². The van der Waals surface area contributed by atoms with Gasteiger partial charge in [-0.1, -0.05) is 18.2 Å². The highest BCUT2D eigenvalue weighted by Crippen LogP contribution is 2.07. The Balaban J connectivity index is 1.69. The molecular weight excluding hydrogens is 289 g/mol. The number of pyridine rings is 1. The zero-order valence-corrected chi connectivity index (χ0v) is 11.6. The van der Waals surface area contributed by atoms with Crippen LogP contribution in [0.3, 0.4) is 0 Å². The molecular formula is C15H14FN3O3. The van der Waals surface area contributed by atoms with Gasteiger partial charge in [0.1, 0.15) is 17.4 Å². The molecule has 2 aromatic rings. The van der Waals surface area contributed by atoms with Gasteiger partial charge in [-0.2, -0.15) is 0 Å². The topological polar surface area (TPSA) is 80.3 Å². The molecule has 0 aliphatic carbocycles. The van der Waals surface area contributed by atoms with Crippen molar-refractivity contribution in [2.45, 2.75) is 0 Å². The van der Waals surface area contributed by atoms with E-state index in [9.17, 15) is 14.0 Å². The summed E-state index contributed by atoms with van der Waals surface area (Å²) in [4.78, 5) is 26.8. The average Bonchev–Trinajstić information content (AvgIpc) is 2.54. The third-order valence-corrected chi connectivity index (χ3v) is 2.55. The summed E-state index contributed by atoms with van der Waals surface area (Å²) >= 11 is 0. The summed E-state index contributed by atoms with van der Waals surface area (Å²) in [6, 6.07) is 11.4. The molecule has 0 spiro atoms. The second-order valence-corrected chi connectivity index (χ2v) is 4.29. The second-order valence-electron chi connectivity index (χ2n) is 4.29. The zero-order valence-electron chi connectivity index (χ0n) is 11.6. The Hall–Kier alpha value is -2.96. The Labute approximate surface area is 126 Å². The SMILES string of the molecule is O=C(COc1ccccc1)NCC(=O)Nc1ccc(F)cn1. The van der Waals surface area contributed by atoms with Gasteiger partial charge in [0.15, 0.2) is 6.61 Å². The third-order valence-electron chi connectivity index (χ3n) is 2.55. The van der Waals surface area contributed by atoms with Crippen molar-refractivity contribution in [2.24, 2.45) is 0 Å². The molecule has 7 heteroatoms. The molecule has 1 aromatic carbocycles. The van der Waals surface area contributed by atoms with E-state index in [-0.39, 0.29) is 19.0 Å². The fourth-order valence-corrected chi connectivity index (χ4v) is 1.53. The molecule has 1 aromatic heterocycles. The summed E-state index contributed by atoms with van der Waals surface area (Å²) in [5.74, 6) is -0.610. The molecule has 1 heterocycles. The second kappa shape index (κ2) is 7.72. The number of carbonyl (C=O) groups excluding carboxylic acids is 2. The van der Waals surface area contributed by atoms with E-state index < -0.39 is 17.6 Å². The molecule has 2 rings (SSSR count). The van der Waals surface area contributed by atoms with Crippen LogP contribution < -0.4 is 15.4 Å². The van der Waals surface area contributed by atoms with Crippen molar-refractivity contribution in [3.05, 3.63) is 54.5 Å². The number of benzene rings is 1. The lowest BCUT2D eigenvalue weighted by atomic mass is 10.3. The number of aromatic nitrogens is 1. The molecule has 0 bridgehead atoms. The summed E-state index contributed by atoms with van der Waals surface area (Å²) in [5, 5.41) is 4.83. The van der Waals surface area contributed by atoms with Gasteiger partial charge in [-0.05, 0) is 24.3 Å².